The van der Waals surface area contributed by atoms with Gasteiger partial charge in [0.15, 0.2) is 5.65 Å². The van der Waals surface area contributed by atoms with E-state index in [9.17, 15) is 13.6 Å². The second kappa shape index (κ2) is 7.07. The number of benzene rings is 1. The third-order valence-corrected chi connectivity index (χ3v) is 3.95. The van der Waals surface area contributed by atoms with E-state index in [1.807, 2.05) is 0 Å². The highest BCUT2D eigenvalue weighted by atomic mass is 19.3. The van der Waals surface area contributed by atoms with E-state index < -0.39 is 6.43 Å². The molecule has 0 fully saturated rings. The number of aryl methyl sites for hydroxylation is 2. The lowest BCUT2D eigenvalue weighted by Crippen LogP contribution is -2.20. The highest BCUT2D eigenvalue weighted by molar-refractivity contribution is 5.93. The molecule has 0 bridgehead atoms. The molecule has 1 amide bonds. The second-order valence-electron chi connectivity index (χ2n) is 5.84. The zero-order chi connectivity index (χ0) is 18.8. The number of ether oxygens (including phenoxy) is 1. The molecule has 3 rings (SSSR count). The normalized spacial score (nSPS) is 11.2. The molecule has 0 atom stereocenters. The number of rotatable bonds is 5. The number of fused-ring (bicyclic) bond motifs is 1. The third-order valence-electron chi connectivity index (χ3n) is 3.95. The molecule has 0 unspecified atom stereocenters. The fourth-order valence-electron chi connectivity index (χ4n) is 2.87. The Hall–Kier alpha value is -3.03. The largest absolute Gasteiger partial charge is 0.495 e. The summed E-state index contributed by atoms with van der Waals surface area (Å²) in [7, 11) is 1.51. The Kier molecular flexibility index (Phi) is 4.83. The van der Waals surface area contributed by atoms with Gasteiger partial charge in [-0.3, -0.25) is 4.79 Å². The number of nitrogens with zero attached hydrogens (tertiary/aromatic N) is 3. The first-order valence-corrected chi connectivity index (χ1v) is 7.96. The number of alkyl halides is 2. The molecule has 2 heterocycles. The minimum Gasteiger partial charge on any atom is -0.495 e. The highest BCUT2D eigenvalue weighted by Crippen LogP contribution is 2.30. The van der Waals surface area contributed by atoms with Crippen molar-refractivity contribution in [3.63, 3.8) is 0 Å². The van der Waals surface area contributed by atoms with Crippen LogP contribution in [0.2, 0.25) is 0 Å². The van der Waals surface area contributed by atoms with Gasteiger partial charge in [0.1, 0.15) is 12.3 Å². The number of halogens is 2. The molecule has 0 aliphatic rings. The molecule has 0 aliphatic heterocycles. The van der Waals surface area contributed by atoms with Crippen molar-refractivity contribution < 1.29 is 18.3 Å². The van der Waals surface area contributed by atoms with Crippen LogP contribution in [0.1, 0.15) is 23.4 Å². The van der Waals surface area contributed by atoms with Crippen LogP contribution in [-0.2, 0) is 11.3 Å². The SMILES string of the molecule is COc1ccccc1NC(=O)Cn1nc(C)c2c(C(F)F)cc(C)nc21. The average Bonchev–Trinajstić information content (AvgIpc) is 2.90. The number of methoxy groups -OCH3 is 1. The smallest absolute Gasteiger partial charge is 0.264 e. The molecule has 0 aliphatic carbocycles. The molecule has 1 N–H and O–H groups in total. The first-order valence-electron chi connectivity index (χ1n) is 7.96. The predicted octanol–water partition coefficient (Wildman–Crippen LogP) is 3.63. The maximum atomic E-state index is 13.3. The zero-order valence-corrected chi connectivity index (χ0v) is 14.6. The van der Waals surface area contributed by atoms with Gasteiger partial charge in [-0.05, 0) is 32.0 Å². The van der Waals surface area contributed by atoms with Gasteiger partial charge < -0.3 is 10.1 Å². The summed E-state index contributed by atoms with van der Waals surface area (Å²) in [6.07, 6.45) is -2.64. The highest BCUT2D eigenvalue weighted by Gasteiger charge is 2.20. The van der Waals surface area contributed by atoms with Crippen molar-refractivity contribution in [2.24, 2.45) is 0 Å². The molecule has 8 heteroatoms. The third kappa shape index (κ3) is 3.35. The van der Waals surface area contributed by atoms with E-state index in [4.69, 9.17) is 4.74 Å². The number of para-hydroxylation sites is 2. The lowest BCUT2D eigenvalue weighted by molar-refractivity contribution is -0.116. The van der Waals surface area contributed by atoms with Crippen molar-refractivity contribution in [1.82, 2.24) is 14.8 Å². The summed E-state index contributed by atoms with van der Waals surface area (Å²) in [5.41, 5.74) is 1.52. The van der Waals surface area contributed by atoms with E-state index in [1.54, 1.807) is 38.1 Å². The number of carbonyl (C=O) groups is 1. The van der Waals surface area contributed by atoms with Gasteiger partial charge in [0.2, 0.25) is 5.91 Å². The molecule has 2 aromatic heterocycles. The quantitative estimate of drug-likeness (QED) is 0.754. The summed E-state index contributed by atoms with van der Waals surface area (Å²) >= 11 is 0. The van der Waals surface area contributed by atoms with Gasteiger partial charge in [-0.15, -0.1) is 0 Å². The van der Waals surface area contributed by atoms with Crippen molar-refractivity contribution in [1.29, 1.82) is 0 Å². The van der Waals surface area contributed by atoms with Gasteiger partial charge >= 0.3 is 0 Å². The van der Waals surface area contributed by atoms with Gasteiger partial charge in [-0.25, -0.2) is 18.4 Å². The molecule has 136 valence electrons. The van der Waals surface area contributed by atoms with Gasteiger partial charge in [0.25, 0.3) is 6.43 Å². The van der Waals surface area contributed by atoms with E-state index in [2.05, 4.69) is 15.4 Å². The monoisotopic (exact) mass is 360 g/mol. The molecule has 3 aromatic rings. The van der Waals surface area contributed by atoms with Crippen LogP contribution >= 0.6 is 0 Å². The molecule has 0 radical (unpaired) electrons. The molecule has 6 nitrogen and oxygen atoms in total. The number of amides is 1. The summed E-state index contributed by atoms with van der Waals surface area (Å²) in [5.74, 6) is 0.164. The first-order chi connectivity index (χ1) is 12.4. The van der Waals surface area contributed by atoms with Crippen LogP contribution in [0.15, 0.2) is 30.3 Å². The lowest BCUT2D eigenvalue weighted by atomic mass is 10.1. The van der Waals surface area contributed by atoms with Crippen LogP contribution in [0.5, 0.6) is 5.75 Å². The van der Waals surface area contributed by atoms with Crippen molar-refractivity contribution in [3.05, 3.63) is 47.3 Å². The van der Waals surface area contributed by atoms with Crippen molar-refractivity contribution in [3.8, 4) is 5.75 Å². The van der Waals surface area contributed by atoms with Gasteiger partial charge in [0.05, 0.1) is 23.9 Å². The first kappa shape index (κ1) is 17.8. The molecule has 0 spiro atoms. The number of aromatic nitrogens is 3. The van der Waals surface area contributed by atoms with E-state index >= 15 is 0 Å². The maximum Gasteiger partial charge on any atom is 0.264 e. The number of nitrogens with one attached hydrogen (secondary N) is 1. The zero-order valence-electron chi connectivity index (χ0n) is 14.6. The number of pyridine rings is 1. The van der Waals surface area contributed by atoms with E-state index in [-0.39, 0.29) is 29.0 Å². The van der Waals surface area contributed by atoms with Gasteiger partial charge in [-0.1, -0.05) is 12.1 Å². The summed E-state index contributed by atoms with van der Waals surface area (Å²) in [6, 6.07) is 8.34. The molecule has 0 saturated heterocycles. The topological polar surface area (TPSA) is 69.0 Å². The van der Waals surface area contributed by atoms with E-state index in [0.717, 1.165) is 0 Å². The Morgan fingerprint density at radius 2 is 2.04 bits per heavy atom. The van der Waals surface area contributed by atoms with Gasteiger partial charge in [-0.2, -0.15) is 5.10 Å². The van der Waals surface area contributed by atoms with Crippen LogP contribution in [0.25, 0.3) is 11.0 Å². The minimum atomic E-state index is -2.64. The van der Waals surface area contributed by atoms with E-state index in [0.29, 0.717) is 22.8 Å². The fraction of sp³-hybridized carbons (Fsp3) is 0.278. The Balaban J connectivity index is 1.93. The van der Waals surface area contributed by atoms with Crippen molar-refractivity contribution >= 4 is 22.6 Å². The van der Waals surface area contributed by atoms with Gasteiger partial charge in [0, 0.05) is 11.3 Å². The molecular weight excluding hydrogens is 342 g/mol. The summed E-state index contributed by atoms with van der Waals surface area (Å²) < 4.78 is 33.2. The Bertz CT molecular complexity index is 969. The predicted molar refractivity (Wildman–Crippen MR) is 93.6 cm³/mol. The van der Waals surface area contributed by atoms with E-state index in [1.165, 1.54) is 17.9 Å². The van der Waals surface area contributed by atoms with Crippen molar-refractivity contribution in [2.45, 2.75) is 26.8 Å². The van der Waals surface area contributed by atoms with Crippen LogP contribution < -0.4 is 10.1 Å². The summed E-state index contributed by atoms with van der Waals surface area (Å²) in [5, 5.41) is 7.25. The number of hydrogen-bond donors (Lipinski definition) is 1. The molecule has 0 saturated carbocycles. The molecule has 1 aromatic carbocycles. The van der Waals surface area contributed by atoms with Crippen LogP contribution in [0.4, 0.5) is 14.5 Å². The Morgan fingerprint density at radius 3 is 2.73 bits per heavy atom. The fourth-order valence-corrected chi connectivity index (χ4v) is 2.87. The van der Waals surface area contributed by atoms with Crippen LogP contribution in [-0.4, -0.2) is 27.8 Å². The Morgan fingerprint density at radius 1 is 1.31 bits per heavy atom. The number of anilines is 1. The van der Waals surface area contributed by atoms with Crippen LogP contribution in [0, 0.1) is 13.8 Å². The lowest BCUT2D eigenvalue weighted by Gasteiger charge is -2.10. The minimum absolute atomic E-state index is 0.124. The van der Waals surface area contributed by atoms with Crippen molar-refractivity contribution in [2.75, 3.05) is 12.4 Å². The number of carbonyl (C=O) groups excluding carboxylic acids is 1. The standard InChI is InChI=1S/C18H18F2N4O2/c1-10-8-12(17(19)20)16-11(2)23-24(18(16)21-10)9-15(25)22-13-6-4-5-7-14(13)26-3/h4-8,17H,9H2,1-3H3,(H,22,25). The number of hydrogen-bond acceptors (Lipinski definition) is 4. The Labute approximate surface area is 148 Å². The molecule has 26 heavy (non-hydrogen) atoms. The molecular formula is C18H18F2N4O2. The summed E-state index contributed by atoms with van der Waals surface area (Å²) in [6.45, 7) is 3.11. The summed E-state index contributed by atoms with van der Waals surface area (Å²) in [4.78, 5) is 16.7. The average molecular weight is 360 g/mol. The van der Waals surface area contributed by atoms with Crippen LogP contribution in [0.3, 0.4) is 0 Å². The maximum absolute atomic E-state index is 13.3. The second-order valence-corrected chi connectivity index (χ2v) is 5.84.